The molecule has 0 bridgehead atoms. The average Bonchev–Trinajstić information content (AvgIpc) is 2.75. The molecule has 0 aliphatic rings. The first kappa shape index (κ1) is 15.6. The minimum Gasteiger partial charge on any atom is -0.497 e. The molecule has 8 heteroatoms. The van der Waals surface area contributed by atoms with Crippen molar-refractivity contribution in [3.05, 3.63) is 28.8 Å². The third-order valence-electron chi connectivity index (χ3n) is 2.91. The molecule has 2 aromatic rings. The van der Waals surface area contributed by atoms with E-state index in [1.165, 1.54) is 37.7 Å². The lowest BCUT2D eigenvalue weighted by Crippen LogP contribution is -2.14. The Morgan fingerprint density at radius 3 is 2.43 bits per heavy atom. The van der Waals surface area contributed by atoms with E-state index >= 15 is 0 Å². The predicted molar refractivity (Wildman–Crippen MR) is 81.9 cm³/mol. The zero-order valence-electron chi connectivity index (χ0n) is 12.1. The molecule has 0 amide bonds. The van der Waals surface area contributed by atoms with Crippen LogP contribution >= 0.6 is 11.3 Å². The van der Waals surface area contributed by atoms with E-state index in [4.69, 9.17) is 9.47 Å². The number of hydrogen-bond donors (Lipinski definition) is 1. The summed E-state index contributed by atoms with van der Waals surface area (Å²) in [4.78, 5) is 5.18. The van der Waals surface area contributed by atoms with Crippen molar-refractivity contribution in [3.63, 3.8) is 0 Å². The van der Waals surface area contributed by atoms with Crippen molar-refractivity contribution in [1.82, 2.24) is 4.98 Å². The molecule has 114 valence electrons. The number of rotatable bonds is 5. The molecule has 1 aromatic carbocycles. The maximum absolute atomic E-state index is 12.4. The number of anilines is 1. The van der Waals surface area contributed by atoms with Crippen molar-refractivity contribution in [2.75, 3.05) is 18.9 Å². The van der Waals surface area contributed by atoms with Crippen molar-refractivity contribution >= 4 is 26.5 Å². The van der Waals surface area contributed by atoms with Gasteiger partial charge in [-0.1, -0.05) is 0 Å². The van der Waals surface area contributed by atoms with Crippen LogP contribution in [0.15, 0.2) is 23.1 Å². The Morgan fingerprint density at radius 1 is 1.19 bits per heavy atom. The Hall–Kier alpha value is -1.80. The Bertz CT molecular complexity index is 734. The van der Waals surface area contributed by atoms with Crippen LogP contribution < -0.4 is 14.2 Å². The van der Waals surface area contributed by atoms with Gasteiger partial charge in [0.05, 0.1) is 19.9 Å². The third-order valence-corrected chi connectivity index (χ3v) is 5.41. The van der Waals surface area contributed by atoms with Gasteiger partial charge in [0.1, 0.15) is 16.4 Å². The molecule has 0 saturated carbocycles. The molecule has 0 aliphatic heterocycles. The largest absolute Gasteiger partial charge is 0.497 e. The van der Waals surface area contributed by atoms with Crippen molar-refractivity contribution in [1.29, 1.82) is 0 Å². The molecule has 0 unspecified atom stereocenters. The number of hydrogen-bond acceptors (Lipinski definition) is 6. The quantitative estimate of drug-likeness (QED) is 0.913. The molecule has 1 N–H and O–H groups in total. The zero-order chi connectivity index (χ0) is 15.6. The van der Waals surface area contributed by atoms with Crippen LogP contribution in [0.4, 0.5) is 5.13 Å². The highest BCUT2D eigenvalue weighted by Gasteiger charge is 2.21. The normalized spacial score (nSPS) is 11.2. The van der Waals surface area contributed by atoms with Gasteiger partial charge in [-0.2, -0.15) is 0 Å². The van der Waals surface area contributed by atoms with E-state index in [0.717, 1.165) is 10.6 Å². The SMILES string of the molecule is COc1ccc(S(=O)(=O)Nc2nc(C)c(C)s2)c(OC)c1. The number of benzene rings is 1. The maximum Gasteiger partial charge on any atom is 0.267 e. The number of thiazole rings is 1. The van der Waals surface area contributed by atoms with Crippen LogP contribution in [0.25, 0.3) is 0 Å². The Balaban J connectivity index is 2.39. The van der Waals surface area contributed by atoms with Crippen LogP contribution in [0.3, 0.4) is 0 Å². The van der Waals surface area contributed by atoms with E-state index in [2.05, 4.69) is 9.71 Å². The summed E-state index contributed by atoms with van der Waals surface area (Å²) in [7, 11) is -0.857. The molecule has 0 spiro atoms. The molecule has 0 aliphatic carbocycles. The molecule has 6 nitrogen and oxygen atoms in total. The van der Waals surface area contributed by atoms with Gasteiger partial charge in [0, 0.05) is 10.9 Å². The number of ether oxygens (including phenoxy) is 2. The van der Waals surface area contributed by atoms with Crippen molar-refractivity contribution in [2.45, 2.75) is 18.7 Å². The highest BCUT2D eigenvalue weighted by molar-refractivity contribution is 7.93. The first-order valence-electron chi connectivity index (χ1n) is 6.06. The number of nitrogens with one attached hydrogen (secondary N) is 1. The second kappa shape index (κ2) is 5.90. The smallest absolute Gasteiger partial charge is 0.267 e. The van der Waals surface area contributed by atoms with Crippen LogP contribution in [0.2, 0.25) is 0 Å². The lowest BCUT2D eigenvalue weighted by atomic mass is 10.3. The van der Waals surface area contributed by atoms with Crippen molar-refractivity contribution in [2.24, 2.45) is 0 Å². The van der Waals surface area contributed by atoms with E-state index in [0.29, 0.717) is 10.9 Å². The molecule has 1 heterocycles. The maximum atomic E-state index is 12.4. The van der Waals surface area contributed by atoms with Gasteiger partial charge in [-0.3, -0.25) is 4.72 Å². The van der Waals surface area contributed by atoms with Gasteiger partial charge in [0.15, 0.2) is 5.13 Å². The number of aryl methyl sites for hydroxylation is 2. The van der Waals surface area contributed by atoms with E-state index in [1.807, 2.05) is 13.8 Å². The minimum absolute atomic E-state index is 0.0382. The predicted octanol–water partition coefficient (Wildman–Crippen LogP) is 2.58. The summed E-state index contributed by atoms with van der Waals surface area (Å²) in [5, 5.41) is 0.336. The minimum atomic E-state index is -3.77. The van der Waals surface area contributed by atoms with E-state index in [-0.39, 0.29) is 10.6 Å². The number of sulfonamides is 1. The molecular weight excluding hydrogens is 312 g/mol. The van der Waals surface area contributed by atoms with Gasteiger partial charge < -0.3 is 9.47 Å². The number of methoxy groups -OCH3 is 2. The molecular formula is C13H16N2O4S2. The monoisotopic (exact) mass is 328 g/mol. The Kier molecular flexibility index (Phi) is 4.38. The second-order valence-electron chi connectivity index (χ2n) is 4.28. The summed E-state index contributed by atoms with van der Waals surface area (Å²) in [6.45, 7) is 3.72. The van der Waals surface area contributed by atoms with E-state index < -0.39 is 10.0 Å². The summed E-state index contributed by atoms with van der Waals surface area (Å²) < 4.78 is 37.5. The van der Waals surface area contributed by atoms with E-state index in [1.54, 1.807) is 6.07 Å². The van der Waals surface area contributed by atoms with Crippen LogP contribution in [-0.2, 0) is 10.0 Å². The average molecular weight is 328 g/mol. The summed E-state index contributed by atoms with van der Waals surface area (Å²) in [6.07, 6.45) is 0. The highest BCUT2D eigenvalue weighted by Crippen LogP contribution is 2.31. The molecule has 2 rings (SSSR count). The first-order valence-corrected chi connectivity index (χ1v) is 8.36. The number of aromatic nitrogens is 1. The third kappa shape index (κ3) is 3.27. The van der Waals surface area contributed by atoms with Gasteiger partial charge in [0.2, 0.25) is 0 Å². The fourth-order valence-electron chi connectivity index (χ4n) is 1.68. The van der Waals surface area contributed by atoms with Gasteiger partial charge in [-0.25, -0.2) is 13.4 Å². The molecule has 21 heavy (non-hydrogen) atoms. The zero-order valence-corrected chi connectivity index (χ0v) is 13.8. The summed E-state index contributed by atoms with van der Waals surface area (Å²) in [6, 6.07) is 4.52. The highest BCUT2D eigenvalue weighted by atomic mass is 32.2. The van der Waals surface area contributed by atoms with Gasteiger partial charge in [-0.15, -0.1) is 11.3 Å². The molecule has 0 fully saturated rings. The lowest BCUT2D eigenvalue weighted by molar-refractivity contribution is 0.386. The molecule has 0 atom stereocenters. The van der Waals surface area contributed by atoms with Gasteiger partial charge in [0.25, 0.3) is 10.0 Å². The fourth-order valence-corrected chi connectivity index (χ4v) is 3.88. The van der Waals surface area contributed by atoms with Crippen LogP contribution in [0, 0.1) is 13.8 Å². The van der Waals surface area contributed by atoms with Crippen LogP contribution in [0.5, 0.6) is 11.5 Å². The Labute approximate surface area is 127 Å². The molecule has 0 saturated heterocycles. The second-order valence-corrected chi connectivity index (χ2v) is 7.14. The van der Waals surface area contributed by atoms with Crippen LogP contribution in [-0.4, -0.2) is 27.6 Å². The summed E-state index contributed by atoms with van der Waals surface area (Å²) >= 11 is 1.29. The summed E-state index contributed by atoms with van der Waals surface area (Å²) in [5.41, 5.74) is 0.805. The van der Waals surface area contributed by atoms with Gasteiger partial charge in [-0.05, 0) is 26.0 Å². The number of nitrogens with zero attached hydrogens (tertiary/aromatic N) is 1. The van der Waals surface area contributed by atoms with Crippen molar-refractivity contribution < 1.29 is 17.9 Å². The molecule has 1 aromatic heterocycles. The van der Waals surface area contributed by atoms with Crippen LogP contribution in [0.1, 0.15) is 10.6 Å². The summed E-state index contributed by atoms with van der Waals surface area (Å²) in [5.74, 6) is 0.735. The van der Waals surface area contributed by atoms with Crippen molar-refractivity contribution in [3.8, 4) is 11.5 Å². The Morgan fingerprint density at radius 2 is 1.90 bits per heavy atom. The fraction of sp³-hybridized carbons (Fsp3) is 0.308. The molecule has 0 radical (unpaired) electrons. The first-order chi connectivity index (χ1) is 9.87. The van der Waals surface area contributed by atoms with E-state index in [9.17, 15) is 8.42 Å². The lowest BCUT2D eigenvalue weighted by Gasteiger charge is -2.11. The van der Waals surface area contributed by atoms with Gasteiger partial charge >= 0.3 is 0 Å². The standard InChI is InChI=1S/C13H16N2O4S2/c1-8-9(2)20-13(14-8)15-21(16,17)12-6-5-10(18-3)7-11(12)19-4/h5-7H,1-4H3,(H,14,15). The topological polar surface area (TPSA) is 77.5 Å².